The van der Waals surface area contributed by atoms with Crippen molar-refractivity contribution in [3.8, 4) is 0 Å². The van der Waals surface area contributed by atoms with Crippen LogP contribution in [0, 0.1) is 17.6 Å². The Bertz CT molecular complexity index is 999. The maximum Gasteiger partial charge on any atom is 0.224 e. The number of hydrogen-bond acceptors (Lipinski definition) is 5. The SMILES string of the molecule is O=C(Cc1ccc(F)cc1)NCC1CCN(c2nc(Cc3ccc(F)cc3)ns2)CC1. The molecule has 1 aliphatic heterocycles. The Hall–Kier alpha value is -2.87. The second-order valence-electron chi connectivity index (χ2n) is 7.83. The molecule has 1 saturated heterocycles. The highest BCUT2D eigenvalue weighted by molar-refractivity contribution is 7.09. The number of hydrogen-bond donors (Lipinski definition) is 1. The molecule has 2 heterocycles. The number of anilines is 1. The molecule has 1 fully saturated rings. The molecule has 0 atom stereocenters. The summed E-state index contributed by atoms with van der Waals surface area (Å²) in [7, 11) is 0. The maximum absolute atomic E-state index is 13.0. The van der Waals surface area contributed by atoms with Crippen molar-refractivity contribution in [2.45, 2.75) is 25.7 Å². The van der Waals surface area contributed by atoms with Crippen LogP contribution in [-0.4, -0.2) is 34.9 Å². The number of aromatic nitrogens is 2. The average molecular weight is 443 g/mol. The Balaban J connectivity index is 1.21. The lowest BCUT2D eigenvalue weighted by atomic mass is 9.97. The smallest absolute Gasteiger partial charge is 0.224 e. The second kappa shape index (κ2) is 9.96. The van der Waals surface area contributed by atoms with Gasteiger partial charge in [0.1, 0.15) is 17.5 Å². The zero-order valence-corrected chi connectivity index (χ0v) is 17.9. The van der Waals surface area contributed by atoms with Gasteiger partial charge in [-0.2, -0.15) is 4.37 Å². The van der Waals surface area contributed by atoms with Crippen LogP contribution in [0.25, 0.3) is 0 Å². The summed E-state index contributed by atoms with van der Waals surface area (Å²) in [6.07, 6.45) is 2.81. The molecule has 3 aromatic rings. The summed E-state index contributed by atoms with van der Waals surface area (Å²) in [6.45, 7) is 2.41. The van der Waals surface area contributed by atoms with Crippen molar-refractivity contribution in [1.82, 2.24) is 14.7 Å². The average Bonchev–Trinajstić information content (AvgIpc) is 3.24. The van der Waals surface area contributed by atoms with Crippen LogP contribution in [0.1, 0.15) is 29.8 Å². The molecule has 4 rings (SSSR count). The van der Waals surface area contributed by atoms with E-state index in [9.17, 15) is 13.6 Å². The number of piperidine rings is 1. The van der Waals surface area contributed by atoms with Crippen molar-refractivity contribution in [2.24, 2.45) is 5.92 Å². The van der Waals surface area contributed by atoms with E-state index in [1.54, 1.807) is 24.3 Å². The molecule has 0 bridgehead atoms. The Kier molecular flexibility index (Phi) is 6.86. The number of carbonyl (C=O) groups excluding carboxylic acids is 1. The fraction of sp³-hybridized carbons (Fsp3) is 0.348. The molecule has 2 aromatic carbocycles. The predicted octanol–water partition coefficient (Wildman–Crippen LogP) is 3.98. The van der Waals surface area contributed by atoms with Crippen LogP contribution < -0.4 is 10.2 Å². The summed E-state index contributed by atoms with van der Waals surface area (Å²) in [5.74, 6) is 0.601. The van der Waals surface area contributed by atoms with Crippen LogP contribution in [0.4, 0.5) is 13.9 Å². The zero-order chi connectivity index (χ0) is 21.6. The summed E-state index contributed by atoms with van der Waals surface area (Å²) in [5, 5.41) is 3.92. The number of benzene rings is 2. The predicted molar refractivity (Wildman–Crippen MR) is 117 cm³/mol. The van der Waals surface area contributed by atoms with Gasteiger partial charge in [-0.15, -0.1) is 0 Å². The van der Waals surface area contributed by atoms with Crippen molar-refractivity contribution in [2.75, 3.05) is 24.5 Å². The number of nitrogens with one attached hydrogen (secondary N) is 1. The lowest BCUT2D eigenvalue weighted by molar-refractivity contribution is -0.120. The summed E-state index contributed by atoms with van der Waals surface area (Å²) < 4.78 is 30.4. The third-order valence-corrected chi connectivity index (χ3v) is 6.30. The van der Waals surface area contributed by atoms with Gasteiger partial charge in [0.15, 0.2) is 0 Å². The highest BCUT2D eigenvalue weighted by Crippen LogP contribution is 2.25. The van der Waals surface area contributed by atoms with Gasteiger partial charge in [0, 0.05) is 37.6 Å². The first-order valence-corrected chi connectivity index (χ1v) is 11.2. The van der Waals surface area contributed by atoms with E-state index < -0.39 is 0 Å². The third-order valence-electron chi connectivity index (χ3n) is 5.48. The molecule has 0 spiro atoms. The lowest BCUT2D eigenvalue weighted by Gasteiger charge is -2.31. The van der Waals surface area contributed by atoms with E-state index in [-0.39, 0.29) is 24.0 Å². The zero-order valence-electron chi connectivity index (χ0n) is 17.1. The molecule has 5 nitrogen and oxygen atoms in total. The van der Waals surface area contributed by atoms with Crippen molar-refractivity contribution >= 4 is 22.6 Å². The fourth-order valence-corrected chi connectivity index (χ4v) is 4.40. The van der Waals surface area contributed by atoms with Crippen molar-refractivity contribution in [1.29, 1.82) is 0 Å². The molecule has 0 saturated carbocycles. The normalized spacial score (nSPS) is 14.6. The van der Waals surface area contributed by atoms with E-state index in [1.165, 1.54) is 35.8 Å². The van der Waals surface area contributed by atoms with Gasteiger partial charge in [-0.05, 0) is 54.2 Å². The van der Waals surface area contributed by atoms with Crippen LogP contribution in [0.5, 0.6) is 0 Å². The minimum atomic E-state index is -0.297. The van der Waals surface area contributed by atoms with E-state index in [0.29, 0.717) is 18.9 Å². The molecule has 31 heavy (non-hydrogen) atoms. The molecule has 1 amide bonds. The van der Waals surface area contributed by atoms with Crippen LogP contribution in [0.2, 0.25) is 0 Å². The van der Waals surface area contributed by atoms with Gasteiger partial charge in [0.2, 0.25) is 11.0 Å². The summed E-state index contributed by atoms with van der Waals surface area (Å²) >= 11 is 1.39. The van der Waals surface area contributed by atoms with E-state index in [0.717, 1.165) is 48.0 Å². The van der Waals surface area contributed by atoms with Gasteiger partial charge in [-0.3, -0.25) is 4.79 Å². The number of amides is 1. The van der Waals surface area contributed by atoms with E-state index in [4.69, 9.17) is 0 Å². The van der Waals surface area contributed by atoms with Gasteiger partial charge in [-0.1, -0.05) is 24.3 Å². The van der Waals surface area contributed by atoms with Crippen molar-refractivity contribution in [3.05, 3.63) is 77.1 Å². The molecular weight excluding hydrogens is 418 g/mol. The van der Waals surface area contributed by atoms with Gasteiger partial charge >= 0.3 is 0 Å². The second-order valence-corrected chi connectivity index (χ2v) is 8.56. The highest BCUT2D eigenvalue weighted by Gasteiger charge is 2.22. The Labute approximate surface area is 184 Å². The minimum Gasteiger partial charge on any atom is -0.356 e. The van der Waals surface area contributed by atoms with Crippen LogP contribution in [0.15, 0.2) is 48.5 Å². The molecule has 8 heteroatoms. The first-order chi connectivity index (χ1) is 15.0. The molecular formula is C23H24F2N4OS. The number of nitrogens with zero attached hydrogens (tertiary/aromatic N) is 3. The van der Waals surface area contributed by atoms with E-state index in [1.807, 2.05) is 0 Å². The first-order valence-electron chi connectivity index (χ1n) is 10.4. The number of carbonyl (C=O) groups is 1. The Morgan fingerprint density at radius 2 is 1.61 bits per heavy atom. The standard InChI is InChI=1S/C23H24F2N4OS/c24-19-5-1-16(2-6-19)13-21-27-23(31-28-21)29-11-9-18(10-12-29)15-26-22(30)14-17-3-7-20(25)8-4-17/h1-8,18H,9-15H2,(H,26,30). The Morgan fingerprint density at radius 3 is 2.26 bits per heavy atom. The molecule has 162 valence electrons. The fourth-order valence-electron chi connectivity index (χ4n) is 3.67. The van der Waals surface area contributed by atoms with Crippen molar-refractivity contribution in [3.63, 3.8) is 0 Å². The molecule has 1 aliphatic rings. The largest absolute Gasteiger partial charge is 0.356 e. The van der Waals surface area contributed by atoms with E-state index >= 15 is 0 Å². The Morgan fingerprint density at radius 1 is 1.00 bits per heavy atom. The molecule has 0 radical (unpaired) electrons. The molecule has 1 aromatic heterocycles. The third kappa shape index (κ3) is 6.07. The van der Waals surface area contributed by atoms with Gasteiger partial charge in [0.05, 0.1) is 6.42 Å². The van der Waals surface area contributed by atoms with Gasteiger partial charge in [0.25, 0.3) is 0 Å². The van der Waals surface area contributed by atoms with Crippen LogP contribution >= 0.6 is 11.5 Å². The van der Waals surface area contributed by atoms with Crippen molar-refractivity contribution < 1.29 is 13.6 Å². The highest BCUT2D eigenvalue weighted by atomic mass is 32.1. The topological polar surface area (TPSA) is 58.1 Å². The first kappa shape index (κ1) is 21.4. The van der Waals surface area contributed by atoms with Gasteiger partial charge in [-0.25, -0.2) is 13.8 Å². The molecule has 1 N–H and O–H groups in total. The van der Waals surface area contributed by atoms with Crippen LogP contribution in [0.3, 0.4) is 0 Å². The monoisotopic (exact) mass is 442 g/mol. The molecule has 0 unspecified atom stereocenters. The summed E-state index contributed by atoms with van der Waals surface area (Å²) in [5.41, 5.74) is 1.79. The van der Waals surface area contributed by atoms with E-state index in [2.05, 4.69) is 19.6 Å². The summed E-state index contributed by atoms with van der Waals surface area (Å²) in [6, 6.07) is 12.4. The minimum absolute atomic E-state index is 0.0383. The van der Waals surface area contributed by atoms with Crippen LogP contribution in [-0.2, 0) is 17.6 Å². The lowest BCUT2D eigenvalue weighted by Crippen LogP contribution is -2.39. The number of halogens is 2. The maximum atomic E-state index is 13.0. The quantitative estimate of drug-likeness (QED) is 0.601. The van der Waals surface area contributed by atoms with Gasteiger partial charge < -0.3 is 10.2 Å². The number of rotatable bonds is 7. The molecule has 0 aliphatic carbocycles. The summed E-state index contributed by atoms with van der Waals surface area (Å²) in [4.78, 5) is 19.0.